The van der Waals surface area contributed by atoms with Gasteiger partial charge in [-0.2, -0.15) is 0 Å². The van der Waals surface area contributed by atoms with Gasteiger partial charge >= 0.3 is 11.4 Å². The number of hydrogen-bond donors (Lipinski definition) is 1. The lowest BCUT2D eigenvalue weighted by molar-refractivity contribution is -0.929. The van der Waals surface area contributed by atoms with Crippen molar-refractivity contribution in [2.45, 2.75) is 19.5 Å². The van der Waals surface area contributed by atoms with E-state index in [-0.39, 0.29) is 0 Å². The maximum atomic E-state index is 12.7. The second-order valence-corrected chi connectivity index (χ2v) is 5.87. The van der Waals surface area contributed by atoms with Crippen molar-refractivity contribution in [2.75, 3.05) is 0 Å². The number of halogens is 1. The summed E-state index contributed by atoms with van der Waals surface area (Å²) in [4.78, 5) is 0. The van der Waals surface area contributed by atoms with E-state index >= 15 is 0 Å². The average molecular weight is 316 g/mol. The van der Waals surface area contributed by atoms with Gasteiger partial charge in [0.05, 0.1) is 22.8 Å². The van der Waals surface area contributed by atoms with Crippen LogP contribution in [0, 0.1) is 5.21 Å². The average Bonchev–Trinajstić information content (AvgIpc) is 2.71. The molecular weight excluding hydrogens is 300 g/mol. The molecule has 0 aliphatic carbocycles. The number of hydroxylamine groups is 2. The van der Waals surface area contributed by atoms with Gasteiger partial charge in [-0.05, 0) is 36.4 Å². The second-order valence-electron chi connectivity index (χ2n) is 5.43. The van der Waals surface area contributed by atoms with Crippen LogP contribution < -0.4 is 0 Å². The third-order valence-electron chi connectivity index (χ3n) is 4.11. The first-order chi connectivity index (χ1) is 10.5. The van der Waals surface area contributed by atoms with Crippen LogP contribution in [0.4, 0.5) is 0 Å². The van der Waals surface area contributed by atoms with E-state index in [1.54, 1.807) is 38.1 Å². The standard InChI is InChI=1S/C17H16ClN2O2/c1-12-16(13-8-10-15(18)11-9-13)20(22)17(2,19(12)21)14-6-4-3-5-7-14/h3-11,22H,1-2H3/q+1/t17-/m0/s1. The molecule has 0 fully saturated rings. The molecule has 0 saturated carbocycles. The Balaban J connectivity index is 2.21. The third kappa shape index (κ3) is 1.99. The topological polar surface area (TPSA) is 49.3 Å². The van der Waals surface area contributed by atoms with Crippen LogP contribution in [0.25, 0.3) is 0 Å². The van der Waals surface area contributed by atoms with Gasteiger partial charge in [0.25, 0.3) is 5.71 Å². The Morgan fingerprint density at radius 3 is 2.23 bits per heavy atom. The van der Waals surface area contributed by atoms with Gasteiger partial charge in [-0.15, -0.1) is 4.74 Å². The minimum absolute atomic E-state index is 0.455. The van der Waals surface area contributed by atoms with E-state index in [1.165, 1.54) is 0 Å². The molecular formula is C17H16ClN2O2+. The van der Waals surface area contributed by atoms with E-state index in [9.17, 15) is 10.4 Å². The van der Waals surface area contributed by atoms with E-state index in [2.05, 4.69) is 0 Å². The maximum absolute atomic E-state index is 12.7. The van der Waals surface area contributed by atoms with Gasteiger partial charge in [-0.25, -0.2) is 0 Å². The molecule has 1 N–H and O–H groups in total. The second kappa shape index (κ2) is 5.14. The smallest absolute Gasteiger partial charge is 0.431 e. The van der Waals surface area contributed by atoms with Crippen LogP contribution in [0.5, 0.6) is 0 Å². The van der Waals surface area contributed by atoms with Gasteiger partial charge in [0.1, 0.15) is 0 Å². The molecule has 0 amide bonds. The van der Waals surface area contributed by atoms with Gasteiger partial charge < -0.3 is 5.21 Å². The third-order valence-corrected chi connectivity index (χ3v) is 4.36. The van der Waals surface area contributed by atoms with Crippen LogP contribution in [0.1, 0.15) is 25.0 Å². The molecule has 22 heavy (non-hydrogen) atoms. The molecule has 0 unspecified atom stereocenters. The monoisotopic (exact) mass is 315 g/mol. The molecule has 112 valence electrons. The van der Waals surface area contributed by atoms with Crippen molar-refractivity contribution in [1.29, 1.82) is 0 Å². The Kier molecular flexibility index (Phi) is 3.41. The van der Waals surface area contributed by atoms with E-state index < -0.39 is 5.66 Å². The predicted molar refractivity (Wildman–Crippen MR) is 85.7 cm³/mol. The molecule has 1 atom stereocenters. The highest BCUT2D eigenvalue weighted by atomic mass is 35.5. The van der Waals surface area contributed by atoms with Crippen LogP contribution in [-0.4, -0.2) is 26.1 Å². The number of benzene rings is 2. The lowest BCUT2D eigenvalue weighted by Crippen LogP contribution is -2.40. The summed E-state index contributed by atoms with van der Waals surface area (Å²) in [6.07, 6.45) is 0. The lowest BCUT2D eigenvalue weighted by Gasteiger charge is -2.17. The van der Waals surface area contributed by atoms with Crippen LogP contribution in [0.2, 0.25) is 5.02 Å². The van der Waals surface area contributed by atoms with Crippen LogP contribution in [-0.2, 0) is 5.66 Å². The Labute approximate surface area is 133 Å². The predicted octanol–water partition coefficient (Wildman–Crippen LogP) is 3.39. The zero-order valence-electron chi connectivity index (χ0n) is 12.3. The summed E-state index contributed by atoms with van der Waals surface area (Å²) < 4.78 is 1.88. The van der Waals surface area contributed by atoms with Gasteiger partial charge in [0, 0.05) is 11.9 Å². The fourth-order valence-corrected chi connectivity index (χ4v) is 2.94. The summed E-state index contributed by atoms with van der Waals surface area (Å²) in [5.41, 5.74) is 1.20. The zero-order chi connectivity index (χ0) is 15.9. The molecule has 1 aliphatic heterocycles. The highest BCUT2D eigenvalue weighted by Crippen LogP contribution is 2.30. The fraction of sp³-hybridized carbons (Fsp3) is 0.176. The van der Waals surface area contributed by atoms with Crippen LogP contribution in [0.3, 0.4) is 0 Å². The minimum Gasteiger partial charge on any atom is -0.618 e. The summed E-state index contributed by atoms with van der Waals surface area (Å²) in [5, 5.41) is 24.1. The quantitative estimate of drug-likeness (QED) is 0.524. The fourth-order valence-electron chi connectivity index (χ4n) is 2.81. The van der Waals surface area contributed by atoms with Crippen molar-refractivity contribution in [3.63, 3.8) is 0 Å². The normalized spacial score (nSPS) is 21.6. The van der Waals surface area contributed by atoms with Crippen molar-refractivity contribution in [2.24, 2.45) is 0 Å². The zero-order valence-corrected chi connectivity index (χ0v) is 13.1. The van der Waals surface area contributed by atoms with Gasteiger partial charge in [-0.3, -0.25) is 5.21 Å². The number of hydrogen-bond acceptors (Lipinski definition) is 2. The summed E-state index contributed by atoms with van der Waals surface area (Å²) in [7, 11) is 0. The van der Waals surface area contributed by atoms with Gasteiger partial charge in [0.15, 0.2) is 0 Å². The molecule has 0 bridgehead atoms. The van der Waals surface area contributed by atoms with E-state index in [4.69, 9.17) is 11.6 Å². The highest BCUT2D eigenvalue weighted by Gasteiger charge is 2.58. The van der Waals surface area contributed by atoms with Crippen LogP contribution in [0.15, 0.2) is 54.6 Å². The van der Waals surface area contributed by atoms with E-state index in [1.807, 2.05) is 30.3 Å². The molecule has 1 aliphatic rings. The van der Waals surface area contributed by atoms with Gasteiger partial charge in [0.2, 0.25) is 0 Å². The summed E-state index contributed by atoms with van der Waals surface area (Å²) >= 11 is 5.91. The summed E-state index contributed by atoms with van der Waals surface area (Å²) in [5.74, 6) is 0. The first-order valence-electron chi connectivity index (χ1n) is 6.95. The highest BCUT2D eigenvalue weighted by molar-refractivity contribution is 6.44. The van der Waals surface area contributed by atoms with E-state index in [0.717, 1.165) is 20.6 Å². The van der Waals surface area contributed by atoms with E-state index in [0.29, 0.717) is 16.4 Å². The molecule has 1 heterocycles. The molecule has 4 nitrogen and oxygen atoms in total. The molecule has 2 aromatic rings. The molecule has 0 spiro atoms. The number of rotatable bonds is 2. The molecule has 2 aromatic carbocycles. The summed E-state index contributed by atoms with van der Waals surface area (Å²) in [6, 6.07) is 16.3. The Morgan fingerprint density at radius 1 is 1.05 bits per heavy atom. The molecule has 5 heteroatoms. The summed E-state index contributed by atoms with van der Waals surface area (Å²) in [6.45, 7) is 3.40. The van der Waals surface area contributed by atoms with Crippen molar-refractivity contribution >= 4 is 23.0 Å². The van der Waals surface area contributed by atoms with Crippen molar-refractivity contribution in [1.82, 2.24) is 0 Å². The maximum Gasteiger partial charge on any atom is 0.431 e. The molecule has 0 aromatic heterocycles. The Hall–Kier alpha value is -2.33. The van der Waals surface area contributed by atoms with Crippen molar-refractivity contribution in [3.05, 3.63) is 76.0 Å². The molecule has 0 saturated heterocycles. The van der Waals surface area contributed by atoms with Crippen molar-refractivity contribution < 1.29 is 14.7 Å². The van der Waals surface area contributed by atoms with Crippen LogP contribution >= 0.6 is 11.6 Å². The lowest BCUT2D eigenvalue weighted by atomic mass is 10.0. The van der Waals surface area contributed by atoms with Gasteiger partial charge in [-0.1, -0.05) is 29.8 Å². The molecule has 3 rings (SSSR count). The Morgan fingerprint density at radius 2 is 1.64 bits per heavy atom. The minimum atomic E-state index is -1.19. The first kappa shape index (κ1) is 14.6. The van der Waals surface area contributed by atoms with Crippen molar-refractivity contribution in [3.8, 4) is 0 Å². The first-order valence-corrected chi connectivity index (χ1v) is 7.33. The largest absolute Gasteiger partial charge is 0.618 e. The molecule has 0 radical (unpaired) electrons. The number of nitrogens with zero attached hydrogens (tertiary/aromatic N) is 2. The Bertz CT molecular complexity index is 782. The SMILES string of the molecule is CC1=[N+]([O-])[C@](C)(c2ccccc2)[N+](O)=C1c1ccc(Cl)cc1.